The molecule has 0 aliphatic rings. The number of nitrogens with one attached hydrogen (secondary N) is 1. The molecule has 0 aliphatic carbocycles. The predicted molar refractivity (Wildman–Crippen MR) is 86.7 cm³/mol. The van der Waals surface area contributed by atoms with Crippen molar-refractivity contribution < 1.29 is 17.6 Å². The predicted octanol–water partition coefficient (Wildman–Crippen LogP) is 2.98. The Bertz CT molecular complexity index is 854. The maximum absolute atomic E-state index is 13.2. The summed E-state index contributed by atoms with van der Waals surface area (Å²) in [6.45, 7) is 0. The first kappa shape index (κ1) is 17.4. The number of amides is 1. The van der Waals surface area contributed by atoms with Crippen LogP contribution in [-0.4, -0.2) is 32.7 Å². The van der Waals surface area contributed by atoms with E-state index in [1.165, 1.54) is 50.5 Å². The van der Waals surface area contributed by atoms with Crippen LogP contribution in [0.4, 0.5) is 10.1 Å². The van der Waals surface area contributed by atoms with Crippen LogP contribution in [0.3, 0.4) is 0 Å². The lowest BCUT2D eigenvalue weighted by molar-refractivity contribution is 0.102. The normalized spacial score (nSPS) is 11.5. The second-order valence-corrected chi connectivity index (χ2v) is 7.45. The lowest BCUT2D eigenvalue weighted by Crippen LogP contribution is -2.22. The van der Waals surface area contributed by atoms with Crippen molar-refractivity contribution >= 4 is 33.2 Å². The van der Waals surface area contributed by atoms with E-state index in [0.717, 1.165) is 10.4 Å². The van der Waals surface area contributed by atoms with Crippen molar-refractivity contribution in [1.82, 2.24) is 4.31 Å². The maximum atomic E-state index is 13.2. The fourth-order valence-electron chi connectivity index (χ4n) is 1.80. The van der Waals surface area contributed by atoms with E-state index >= 15 is 0 Å². The van der Waals surface area contributed by atoms with Gasteiger partial charge in [-0.1, -0.05) is 17.7 Å². The highest BCUT2D eigenvalue weighted by Gasteiger charge is 2.19. The molecule has 1 N–H and O–H groups in total. The number of hydrogen-bond acceptors (Lipinski definition) is 3. The summed E-state index contributed by atoms with van der Waals surface area (Å²) in [6.07, 6.45) is 0. The van der Waals surface area contributed by atoms with Crippen molar-refractivity contribution in [3.05, 3.63) is 58.9 Å². The minimum Gasteiger partial charge on any atom is -0.321 e. The largest absolute Gasteiger partial charge is 0.321 e. The summed E-state index contributed by atoms with van der Waals surface area (Å²) in [6, 6.07) is 9.10. The quantitative estimate of drug-likeness (QED) is 0.915. The van der Waals surface area contributed by atoms with Gasteiger partial charge in [0.25, 0.3) is 5.91 Å². The Hall–Kier alpha value is -1.96. The molecule has 2 rings (SSSR count). The van der Waals surface area contributed by atoms with Crippen LogP contribution in [0.25, 0.3) is 0 Å². The maximum Gasteiger partial charge on any atom is 0.255 e. The Kier molecular flexibility index (Phi) is 5.03. The number of anilines is 1. The summed E-state index contributed by atoms with van der Waals surface area (Å²) in [5, 5.41) is 2.66. The Morgan fingerprint density at radius 2 is 1.87 bits per heavy atom. The Morgan fingerprint density at radius 1 is 1.17 bits per heavy atom. The van der Waals surface area contributed by atoms with Gasteiger partial charge < -0.3 is 5.32 Å². The van der Waals surface area contributed by atoms with E-state index in [2.05, 4.69) is 5.32 Å². The zero-order chi connectivity index (χ0) is 17.2. The van der Waals surface area contributed by atoms with Crippen LogP contribution >= 0.6 is 11.6 Å². The topological polar surface area (TPSA) is 66.5 Å². The number of halogens is 2. The average Bonchev–Trinajstić information content (AvgIpc) is 2.49. The highest BCUT2D eigenvalue weighted by molar-refractivity contribution is 7.89. The molecule has 122 valence electrons. The monoisotopic (exact) mass is 356 g/mol. The van der Waals surface area contributed by atoms with Crippen molar-refractivity contribution in [3.8, 4) is 0 Å². The zero-order valence-corrected chi connectivity index (χ0v) is 14.0. The fourth-order valence-corrected chi connectivity index (χ4v) is 2.89. The molecule has 0 radical (unpaired) electrons. The van der Waals surface area contributed by atoms with Gasteiger partial charge in [-0.2, -0.15) is 0 Å². The molecule has 0 spiro atoms. The standard InChI is InChI=1S/C15H14ClFN2O3S/c1-19(2)23(21,22)12-6-7-13(16)14(9-12)18-15(20)10-4-3-5-11(17)8-10/h3-9H,1-2H3,(H,18,20). The van der Waals surface area contributed by atoms with E-state index < -0.39 is 21.7 Å². The first-order valence-corrected chi connectivity index (χ1v) is 8.32. The van der Waals surface area contributed by atoms with Crippen LogP contribution in [0.5, 0.6) is 0 Å². The second-order valence-electron chi connectivity index (χ2n) is 4.89. The highest BCUT2D eigenvalue weighted by atomic mass is 35.5. The van der Waals surface area contributed by atoms with Crippen molar-refractivity contribution in [2.24, 2.45) is 0 Å². The van der Waals surface area contributed by atoms with Gasteiger partial charge in [0.2, 0.25) is 10.0 Å². The summed E-state index contributed by atoms with van der Waals surface area (Å²) in [5.41, 5.74) is 0.228. The Labute approximate surface area is 138 Å². The van der Waals surface area contributed by atoms with Crippen molar-refractivity contribution in [2.75, 3.05) is 19.4 Å². The van der Waals surface area contributed by atoms with E-state index in [1.807, 2.05) is 0 Å². The molecule has 2 aromatic carbocycles. The van der Waals surface area contributed by atoms with Crippen LogP contribution in [0.1, 0.15) is 10.4 Å². The van der Waals surface area contributed by atoms with Crippen molar-refractivity contribution in [2.45, 2.75) is 4.90 Å². The summed E-state index contributed by atoms with van der Waals surface area (Å²) < 4.78 is 38.4. The molecule has 0 bridgehead atoms. The van der Waals surface area contributed by atoms with Gasteiger partial charge in [0.15, 0.2) is 0 Å². The Balaban J connectivity index is 2.35. The van der Waals surface area contributed by atoms with Crippen LogP contribution in [0.15, 0.2) is 47.4 Å². The summed E-state index contributed by atoms with van der Waals surface area (Å²) in [7, 11) is -0.864. The first-order valence-electron chi connectivity index (χ1n) is 6.51. The minimum absolute atomic E-state index is 0.0126. The molecule has 0 aliphatic heterocycles. The molecule has 0 heterocycles. The highest BCUT2D eigenvalue weighted by Crippen LogP contribution is 2.26. The van der Waals surface area contributed by atoms with Crippen LogP contribution in [-0.2, 0) is 10.0 Å². The molecular formula is C15H14ClFN2O3S. The third-order valence-corrected chi connectivity index (χ3v) is 5.19. The van der Waals surface area contributed by atoms with Crippen molar-refractivity contribution in [1.29, 1.82) is 0 Å². The van der Waals surface area contributed by atoms with Gasteiger partial charge in [0.1, 0.15) is 5.82 Å². The molecule has 5 nitrogen and oxygen atoms in total. The molecule has 0 unspecified atom stereocenters. The third-order valence-electron chi connectivity index (χ3n) is 3.05. The number of nitrogens with zero attached hydrogens (tertiary/aromatic N) is 1. The van der Waals surface area contributed by atoms with Crippen molar-refractivity contribution in [3.63, 3.8) is 0 Å². The van der Waals surface area contributed by atoms with Crippen LogP contribution in [0.2, 0.25) is 5.02 Å². The zero-order valence-electron chi connectivity index (χ0n) is 12.4. The van der Waals surface area contributed by atoms with Gasteiger partial charge in [-0.25, -0.2) is 17.1 Å². The van der Waals surface area contributed by atoms with Gasteiger partial charge in [-0.15, -0.1) is 0 Å². The van der Waals surface area contributed by atoms with Gasteiger partial charge in [0.05, 0.1) is 15.6 Å². The minimum atomic E-state index is -3.66. The Morgan fingerprint density at radius 3 is 2.48 bits per heavy atom. The molecular weight excluding hydrogens is 343 g/mol. The fraction of sp³-hybridized carbons (Fsp3) is 0.133. The lowest BCUT2D eigenvalue weighted by Gasteiger charge is -2.14. The average molecular weight is 357 g/mol. The number of carbonyl (C=O) groups excluding carboxylic acids is 1. The van der Waals surface area contributed by atoms with Gasteiger partial charge in [0, 0.05) is 19.7 Å². The van der Waals surface area contributed by atoms with E-state index in [-0.39, 0.29) is 21.2 Å². The second kappa shape index (κ2) is 6.66. The number of carbonyl (C=O) groups is 1. The lowest BCUT2D eigenvalue weighted by atomic mass is 10.2. The molecule has 0 saturated carbocycles. The molecule has 1 amide bonds. The van der Waals surface area contributed by atoms with E-state index in [0.29, 0.717) is 0 Å². The van der Waals surface area contributed by atoms with E-state index in [9.17, 15) is 17.6 Å². The van der Waals surface area contributed by atoms with Crippen LogP contribution in [0, 0.1) is 5.82 Å². The molecule has 0 saturated heterocycles. The molecule has 0 fully saturated rings. The molecule has 2 aromatic rings. The number of rotatable bonds is 4. The SMILES string of the molecule is CN(C)S(=O)(=O)c1ccc(Cl)c(NC(=O)c2cccc(F)c2)c1. The molecule has 23 heavy (non-hydrogen) atoms. The third kappa shape index (κ3) is 3.87. The molecule has 8 heteroatoms. The number of benzene rings is 2. The first-order chi connectivity index (χ1) is 10.7. The van der Waals surface area contributed by atoms with Gasteiger partial charge >= 0.3 is 0 Å². The molecule has 0 atom stereocenters. The smallest absolute Gasteiger partial charge is 0.255 e. The van der Waals surface area contributed by atoms with Gasteiger partial charge in [-0.05, 0) is 36.4 Å². The molecule has 0 aromatic heterocycles. The summed E-state index contributed by atoms with van der Waals surface area (Å²) >= 11 is 5.99. The summed E-state index contributed by atoms with van der Waals surface area (Å²) in [4.78, 5) is 12.1. The summed E-state index contributed by atoms with van der Waals surface area (Å²) in [5.74, 6) is -1.14. The number of sulfonamides is 1. The number of hydrogen-bond donors (Lipinski definition) is 1. The van der Waals surface area contributed by atoms with E-state index in [1.54, 1.807) is 0 Å². The van der Waals surface area contributed by atoms with Crippen LogP contribution < -0.4 is 5.32 Å². The van der Waals surface area contributed by atoms with Gasteiger partial charge in [-0.3, -0.25) is 4.79 Å². The van der Waals surface area contributed by atoms with E-state index in [4.69, 9.17) is 11.6 Å².